The summed E-state index contributed by atoms with van der Waals surface area (Å²) in [6.45, 7) is 4.70. The van der Waals surface area contributed by atoms with Crippen LogP contribution in [0.2, 0.25) is 0 Å². The third-order valence-corrected chi connectivity index (χ3v) is 3.89. The predicted molar refractivity (Wildman–Crippen MR) is 77.7 cm³/mol. The monoisotopic (exact) mass is 242 g/mol. The Hall–Kier alpha value is -1.46. The first-order valence-electron chi connectivity index (χ1n) is 6.71. The quantitative estimate of drug-likeness (QED) is 0.820. The summed E-state index contributed by atoms with van der Waals surface area (Å²) in [5.74, 6) is 3.44. The SMILES string of the molecule is C#Cc1cccc(N[C@@H](C)C2CCN(C)CC2)c1. The second-order valence-electron chi connectivity index (χ2n) is 5.30. The van der Waals surface area contributed by atoms with E-state index in [4.69, 9.17) is 6.42 Å². The van der Waals surface area contributed by atoms with Gasteiger partial charge in [-0.05, 0) is 64.0 Å². The summed E-state index contributed by atoms with van der Waals surface area (Å²) in [6.07, 6.45) is 7.98. The largest absolute Gasteiger partial charge is 0.382 e. The zero-order valence-electron chi connectivity index (χ0n) is 11.3. The van der Waals surface area contributed by atoms with Crippen molar-refractivity contribution in [2.24, 2.45) is 5.92 Å². The third kappa shape index (κ3) is 3.27. The zero-order valence-corrected chi connectivity index (χ0v) is 11.3. The van der Waals surface area contributed by atoms with Gasteiger partial charge in [-0.15, -0.1) is 6.42 Å². The molecule has 2 rings (SSSR count). The number of terminal acetylenes is 1. The van der Waals surface area contributed by atoms with E-state index in [1.54, 1.807) is 0 Å². The molecular formula is C16H22N2. The van der Waals surface area contributed by atoms with Crippen LogP contribution < -0.4 is 5.32 Å². The lowest BCUT2D eigenvalue weighted by Gasteiger charge is -2.33. The van der Waals surface area contributed by atoms with Gasteiger partial charge < -0.3 is 10.2 Å². The zero-order chi connectivity index (χ0) is 13.0. The highest BCUT2D eigenvalue weighted by atomic mass is 15.1. The van der Waals surface area contributed by atoms with Crippen molar-refractivity contribution in [1.29, 1.82) is 0 Å². The van der Waals surface area contributed by atoms with Crippen LogP contribution in [0, 0.1) is 18.3 Å². The normalized spacial score (nSPS) is 19.2. The van der Waals surface area contributed by atoms with Gasteiger partial charge in [0, 0.05) is 17.3 Å². The summed E-state index contributed by atoms with van der Waals surface area (Å²) in [6, 6.07) is 8.62. The molecule has 1 heterocycles. The second-order valence-corrected chi connectivity index (χ2v) is 5.30. The van der Waals surface area contributed by atoms with Crippen molar-refractivity contribution in [3.05, 3.63) is 29.8 Å². The van der Waals surface area contributed by atoms with Gasteiger partial charge in [-0.1, -0.05) is 12.0 Å². The highest BCUT2D eigenvalue weighted by Crippen LogP contribution is 2.22. The molecule has 1 aliphatic rings. The van der Waals surface area contributed by atoms with Crippen molar-refractivity contribution in [1.82, 2.24) is 4.90 Å². The van der Waals surface area contributed by atoms with E-state index in [0.29, 0.717) is 6.04 Å². The van der Waals surface area contributed by atoms with Crippen LogP contribution in [0.15, 0.2) is 24.3 Å². The summed E-state index contributed by atoms with van der Waals surface area (Å²) < 4.78 is 0. The van der Waals surface area contributed by atoms with Gasteiger partial charge in [-0.2, -0.15) is 0 Å². The molecule has 1 aromatic carbocycles. The Labute approximate surface area is 110 Å². The molecule has 1 atom stereocenters. The molecule has 0 radical (unpaired) electrons. The van der Waals surface area contributed by atoms with Gasteiger partial charge in [0.1, 0.15) is 0 Å². The summed E-state index contributed by atoms with van der Waals surface area (Å²) in [5, 5.41) is 3.59. The number of benzene rings is 1. The lowest BCUT2D eigenvalue weighted by molar-refractivity contribution is 0.208. The molecule has 0 spiro atoms. The van der Waals surface area contributed by atoms with Crippen LogP contribution in [-0.2, 0) is 0 Å². The highest BCUT2D eigenvalue weighted by molar-refractivity contribution is 5.50. The van der Waals surface area contributed by atoms with Crippen molar-refractivity contribution in [3.8, 4) is 12.3 Å². The van der Waals surface area contributed by atoms with Crippen molar-refractivity contribution in [3.63, 3.8) is 0 Å². The fourth-order valence-electron chi connectivity index (χ4n) is 2.61. The summed E-state index contributed by atoms with van der Waals surface area (Å²) in [4.78, 5) is 2.40. The van der Waals surface area contributed by atoms with E-state index in [2.05, 4.69) is 36.2 Å². The third-order valence-electron chi connectivity index (χ3n) is 3.89. The topological polar surface area (TPSA) is 15.3 Å². The smallest absolute Gasteiger partial charge is 0.0354 e. The van der Waals surface area contributed by atoms with Crippen molar-refractivity contribution in [2.75, 3.05) is 25.5 Å². The Bertz CT molecular complexity index is 425. The summed E-state index contributed by atoms with van der Waals surface area (Å²) in [7, 11) is 2.20. The first-order chi connectivity index (χ1) is 8.69. The first kappa shape index (κ1) is 13.0. The van der Waals surface area contributed by atoms with Gasteiger partial charge in [0.15, 0.2) is 0 Å². The van der Waals surface area contributed by atoms with E-state index < -0.39 is 0 Å². The number of hydrogen-bond acceptors (Lipinski definition) is 2. The van der Waals surface area contributed by atoms with Gasteiger partial charge in [-0.25, -0.2) is 0 Å². The second kappa shape index (κ2) is 5.93. The maximum absolute atomic E-state index is 5.42. The van der Waals surface area contributed by atoms with Crippen molar-refractivity contribution in [2.45, 2.75) is 25.8 Å². The summed E-state index contributed by atoms with van der Waals surface area (Å²) in [5.41, 5.74) is 2.08. The minimum absolute atomic E-state index is 0.506. The van der Waals surface area contributed by atoms with E-state index in [1.165, 1.54) is 25.9 Å². The molecule has 2 nitrogen and oxygen atoms in total. The van der Waals surface area contributed by atoms with Crippen molar-refractivity contribution >= 4 is 5.69 Å². The fourth-order valence-corrected chi connectivity index (χ4v) is 2.61. The van der Waals surface area contributed by atoms with E-state index >= 15 is 0 Å². The average Bonchev–Trinajstić information content (AvgIpc) is 2.39. The minimum Gasteiger partial charge on any atom is -0.382 e. The number of nitrogens with one attached hydrogen (secondary N) is 1. The Morgan fingerprint density at radius 3 is 2.78 bits per heavy atom. The van der Waals surface area contributed by atoms with Gasteiger partial charge >= 0.3 is 0 Å². The fraction of sp³-hybridized carbons (Fsp3) is 0.500. The standard InChI is InChI=1S/C16H22N2/c1-4-14-6-5-7-16(12-14)17-13(2)15-8-10-18(3)11-9-15/h1,5-7,12-13,15,17H,8-11H2,2-3H3/t13-/m0/s1. The van der Waals surface area contributed by atoms with Crippen LogP contribution >= 0.6 is 0 Å². The van der Waals surface area contributed by atoms with E-state index in [9.17, 15) is 0 Å². The number of hydrogen-bond donors (Lipinski definition) is 1. The molecule has 0 amide bonds. The molecule has 0 aromatic heterocycles. The molecule has 1 aliphatic heterocycles. The van der Waals surface area contributed by atoms with E-state index in [1.807, 2.05) is 18.2 Å². The van der Waals surface area contributed by atoms with E-state index in [-0.39, 0.29) is 0 Å². The number of piperidine rings is 1. The molecule has 2 heteroatoms. The van der Waals surface area contributed by atoms with Crippen LogP contribution in [-0.4, -0.2) is 31.1 Å². The molecule has 1 aromatic rings. The van der Waals surface area contributed by atoms with Crippen LogP contribution in [0.3, 0.4) is 0 Å². The lowest BCUT2D eigenvalue weighted by atomic mass is 9.90. The predicted octanol–water partition coefficient (Wildman–Crippen LogP) is 2.81. The first-order valence-corrected chi connectivity index (χ1v) is 6.71. The van der Waals surface area contributed by atoms with Crippen molar-refractivity contribution < 1.29 is 0 Å². The molecule has 18 heavy (non-hydrogen) atoms. The van der Waals surface area contributed by atoms with Gasteiger partial charge in [0.25, 0.3) is 0 Å². The number of likely N-dealkylation sites (tertiary alicyclic amines) is 1. The molecule has 96 valence electrons. The minimum atomic E-state index is 0.506. The van der Waals surface area contributed by atoms with E-state index in [0.717, 1.165) is 17.2 Å². The average molecular weight is 242 g/mol. The molecule has 0 saturated carbocycles. The molecule has 0 unspecified atom stereocenters. The van der Waals surface area contributed by atoms with Gasteiger partial charge in [0.2, 0.25) is 0 Å². The van der Waals surface area contributed by atoms with Crippen LogP contribution in [0.5, 0.6) is 0 Å². The van der Waals surface area contributed by atoms with Crippen LogP contribution in [0.1, 0.15) is 25.3 Å². The molecule has 0 aliphatic carbocycles. The van der Waals surface area contributed by atoms with Gasteiger partial charge in [-0.3, -0.25) is 0 Å². The van der Waals surface area contributed by atoms with Crippen LogP contribution in [0.25, 0.3) is 0 Å². The Balaban J connectivity index is 1.94. The number of nitrogens with zero attached hydrogens (tertiary/aromatic N) is 1. The molecule has 0 bridgehead atoms. The van der Waals surface area contributed by atoms with Crippen LogP contribution in [0.4, 0.5) is 5.69 Å². The lowest BCUT2D eigenvalue weighted by Crippen LogP contribution is -2.37. The Kier molecular flexibility index (Phi) is 4.28. The molecular weight excluding hydrogens is 220 g/mol. The molecule has 1 N–H and O–H groups in total. The Morgan fingerprint density at radius 1 is 1.39 bits per heavy atom. The van der Waals surface area contributed by atoms with Gasteiger partial charge in [0.05, 0.1) is 0 Å². The molecule has 1 fully saturated rings. The maximum Gasteiger partial charge on any atom is 0.0354 e. The highest BCUT2D eigenvalue weighted by Gasteiger charge is 2.21. The Morgan fingerprint density at radius 2 is 2.11 bits per heavy atom. The molecule has 1 saturated heterocycles. The number of anilines is 1. The maximum atomic E-state index is 5.42. The summed E-state index contributed by atoms with van der Waals surface area (Å²) >= 11 is 0. The number of rotatable bonds is 3.